The summed E-state index contributed by atoms with van der Waals surface area (Å²) in [6.07, 6.45) is 6.04. The highest BCUT2D eigenvalue weighted by Crippen LogP contribution is 2.37. The molecule has 1 N–H and O–H groups in total. The van der Waals surface area contributed by atoms with Crippen molar-refractivity contribution in [3.05, 3.63) is 29.1 Å². The fraction of sp³-hybridized carbons (Fsp3) is 0.684. The average molecular weight is 356 g/mol. The molecule has 1 aliphatic heterocycles. The number of rotatable bonds is 6. The van der Waals surface area contributed by atoms with Gasteiger partial charge in [0.05, 0.1) is 5.69 Å². The molecule has 2 fully saturated rings. The molecule has 1 amide bonds. The van der Waals surface area contributed by atoms with Crippen molar-refractivity contribution >= 4 is 5.91 Å². The number of hydrogen-bond acceptors (Lipinski definition) is 4. The molecule has 0 spiro atoms. The van der Waals surface area contributed by atoms with Crippen LogP contribution in [-0.4, -0.2) is 48.9 Å². The fourth-order valence-corrected chi connectivity index (χ4v) is 3.85. The Morgan fingerprint density at radius 3 is 2.65 bits per heavy atom. The van der Waals surface area contributed by atoms with Gasteiger partial charge in [0.2, 0.25) is 5.91 Å². The number of H-pyrrole nitrogens is 1. The number of hydrogen-bond donors (Lipinski definition) is 1. The molecule has 1 aliphatic carbocycles. The Bertz CT molecular complexity index is 767. The van der Waals surface area contributed by atoms with Crippen LogP contribution in [0.25, 0.3) is 0 Å². The van der Waals surface area contributed by atoms with Crippen LogP contribution in [0.5, 0.6) is 0 Å². The first-order valence-electron chi connectivity index (χ1n) is 9.78. The van der Waals surface area contributed by atoms with Crippen molar-refractivity contribution in [2.45, 2.75) is 64.8 Å². The van der Waals surface area contributed by atoms with E-state index in [1.165, 1.54) is 12.8 Å². The Balaban J connectivity index is 1.22. The van der Waals surface area contributed by atoms with Crippen LogP contribution >= 0.6 is 0 Å². The molecule has 2 aromatic heterocycles. The SMILES string of the molecule is Cc1cc(C)n(CCC(=O)N2CCC(Cc3nc(C4CC4)n[nH]3)CC2)n1. The average Bonchev–Trinajstić information content (AvgIpc) is 3.29. The van der Waals surface area contributed by atoms with E-state index in [0.29, 0.717) is 24.8 Å². The number of nitrogens with one attached hydrogen (secondary N) is 1. The topological polar surface area (TPSA) is 79.7 Å². The van der Waals surface area contributed by atoms with Crippen LogP contribution in [0.2, 0.25) is 0 Å². The van der Waals surface area contributed by atoms with Gasteiger partial charge in [0.15, 0.2) is 5.82 Å². The number of carbonyl (C=O) groups excluding carboxylic acids is 1. The zero-order valence-corrected chi connectivity index (χ0v) is 15.7. The van der Waals surface area contributed by atoms with E-state index >= 15 is 0 Å². The molecular weight excluding hydrogens is 328 g/mol. The van der Waals surface area contributed by atoms with Crippen molar-refractivity contribution < 1.29 is 4.79 Å². The Labute approximate surface area is 154 Å². The van der Waals surface area contributed by atoms with Crippen LogP contribution in [0.3, 0.4) is 0 Å². The number of aromatic amines is 1. The summed E-state index contributed by atoms with van der Waals surface area (Å²) in [5.74, 6) is 3.45. The first-order chi connectivity index (χ1) is 12.6. The van der Waals surface area contributed by atoms with Gasteiger partial charge in [-0.1, -0.05) is 0 Å². The van der Waals surface area contributed by atoms with E-state index in [-0.39, 0.29) is 5.91 Å². The van der Waals surface area contributed by atoms with Crippen LogP contribution in [0.15, 0.2) is 6.07 Å². The third-order valence-electron chi connectivity index (χ3n) is 5.58. The number of nitrogens with zero attached hydrogens (tertiary/aromatic N) is 5. The highest BCUT2D eigenvalue weighted by atomic mass is 16.2. The zero-order chi connectivity index (χ0) is 18.1. The molecule has 3 heterocycles. The molecule has 0 aromatic carbocycles. The lowest BCUT2D eigenvalue weighted by Gasteiger charge is -2.31. The molecule has 7 heteroatoms. The summed E-state index contributed by atoms with van der Waals surface area (Å²) in [6.45, 7) is 6.39. The monoisotopic (exact) mass is 356 g/mol. The maximum absolute atomic E-state index is 12.5. The minimum atomic E-state index is 0.242. The molecule has 0 unspecified atom stereocenters. The normalized spacial score (nSPS) is 18.5. The Kier molecular flexibility index (Phi) is 4.78. The van der Waals surface area contributed by atoms with Crippen LogP contribution in [0.4, 0.5) is 0 Å². The van der Waals surface area contributed by atoms with Gasteiger partial charge in [0.25, 0.3) is 0 Å². The van der Waals surface area contributed by atoms with Crippen molar-refractivity contribution in [1.29, 1.82) is 0 Å². The molecule has 26 heavy (non-hydrogen) atoms. The number of piperidine rings is 1. The second-order valence-electron chi connectivity index (χ2n) is 7.84. The summed E-state index contributed by atoms with van der Waals surface area (Å²) in [5.41, 5.74) is 2.12. The van der Waals surface area contributed by atoms with Crippen LogP contribution < -0.4 is 0 Å². The van der Waals surface area contributed by atoms with Gasteiger partial charge in [0.1, 0.15) is 5.82 Å². The molecule has 0 bridgehead atoms. The Hall–Kier alpha value is -2.18. The summed E-state index contributed by atoms with van der Waals surface area (Å²) < 4.78 is 1.93. The van der Waals surface area contributed by atoms with Crippen LogP contribution in [0, 0.1) is 19.8 Å². The minimum absolute atomic E-state index is 0.242. The molecule has 1 saturated carbocycles. The van der Waals surface area contributed by atoms with E-state index in [1.807, 2.05) is 29.5 Å². The highest BCUT2D eigenvalue weighted by molar-refractivity contribution is 5.76. The maximum Gasteiger partial charge on any atom is 0.224 e. The lowest BCUT2D eigenvalue weighted by Crippen LogP contribution is -2.39. The number of aromatic nitrogens is 5. The van der Waals surface area contributed by atoms with Crippen molar-refractivity contribution in [1.82, 2.24) is 29.9 Å². The lowest BCUT2D eigenvalue weighted by atomic mass is 9.93. The van der Waals surface area contributed by atoms with Gasteiger partial charge in [-0.15, -0.1) is 0 Å². The third-order valence-corrected chi connectivity index (χ3v) is 5.58. The summed E-state index contributed by atoms with van der Waals surface area (Å²) in [7, 11) is 0. The summed E-state index contributed by atoms with van der Waals surface area (Å²) in [6, 6.07) is 2.05. The third kappa shape index (κ3) is 3.97. The highest BCUT2D eigenvalue weighted by Gasteiger charge is 2.29. The van der Waals surface area contributed by atoms with Crippen LogP contribution in [-0.2, 0) is 17.8 Å². The standard InChI is InChI=1S/C19H28N6O/c1-13-11-14(2)25(23-13)10-7-18(26)24-8-5-15(6-9-24)12-17-20-19(22-21-17)16-3-4-16/h11,15-16H,3-10,12H2,1-2H3,(H,20,21,22). The van der Waals surface area contributed by atoms with Gasteiger partial charge in [-0.2, -0.15) is 10.2 Å². The largest absolute Gasteiger partial charge is 0.343 e. The maximum atomic E-state index is 12.5. The van der Waals surface area contributed by atoms with E-state index in [2.05, 4.69) is 20.3 Å². The molecule has 0 radical (unpaired) electrons. The molecule has 2 aliphatic rings. The molecule has 0 atom stereocenters. The number of carbonyl (C=O) groups is 1. The molecule has 4 rings (SSSR count). The van der Waals surface area contributed by atoms with Gasteiger partial charge in [0, 0.05) is 44.1 Å². The summed E-state index contributed by atoms with van der Waals surface area (Å²) in [5, 5.41) is 11.9. The van der Waals surface area contributed by atoms with E-state index in [0.717, 1.165) is 55.4 Å². The summed E-state index contributed by atoms with van der Waals surface area (Å²) in [4.78, 5) is 19.1. The van der Waals surface area contributed by atoms with E-state index in [9.17, 15) is 4.79 Å². The number of likely N-dealkylation sites (tertiary alicyclic amines) is 1. The van der Waals surface area contributed by atoms with Crippen molar-refractivity contribution in [2.75, 3.05) is 13.1 Å². The molecule has 140 valence electrons. The predicted octanol–water partition coefficient (Wildman–Crippen LogP) is 2.37. The van der Waals surface area contributed by atoms with Crippen LogP contribution in [0.1, 0.15) is 61.1 Å². The van der Waals surface area contributed by atoms with Gasteiger partial charge < -0.3 is 4.90 Å². The molecular formula is C19H28N6O. The second-order valence-corrected chi connectivity index (χ2v) is 7.84. The van der Waals surface area contributed by atoms with Crippen molar-refractivity contribution in [3.63, 3.8) is 0 Å². The molecule has 2 aromatic rings. The van der Waals surface area contributed by atoms with E-state index in [4.69, 9.17) is 0 Å². The first-order valence-corrected chi connectivity index (χ1v) is 9.78. The van der Waals surface area contributed by atoms with E-state index in [1.54, 1.807) is 0 Å². The van der Waals surface area contributed by atoms with E-state index < -0.39 is 0 Å². The van der Waals surface area contributed by atoms with Gasteiger partial charge in [-0.25, -0.2) is 4.98 Å². The zero-order valence-electron chi connectivity index (χ0n) is 15.7. The van der Waals surface area contributed by atoms with Crippen molar-refractivity contribution in [2.24, 2.45) is 5.92 Å². The predicted molar refractivity (Wildman–Crippen MR) is 97.7 cm³/mol. The number of aryl methyl sites for hydroxylation is 3. The van der Waals surface area contributed by atoms with Crippen molar-refractivity contribution in [3.8, 4) is 0 Å². The number of amides is 1. The van der Waals surface area contributed by atoms with Gasteiger partial charge >= 0.3 is 0 Å². The fourth-order valence-electron chi connectivity index (χ4n) is 3.85. The quantitative estimate of drug-likeness (QED) is 0.862. The minimum Gasteiger partial charge on any atom is -0.343 e. The Morgan fingerprint density at radius 2 is 2.00 bits per heavy atom. The second kappa shape index (κ2) is 7.21. The Morgan fingerprint density at radius 1 is 1.23 bits per heavy atom. The van der Waals surface area contributed by atoms with Gasteiger partial charge in [-0.05, 0) is 51.5 Å². The molecule has 1 saturated heterocycles. The lowest BCUT2D eigenvalue weighted by molar-refractivity contribution is -0.132. The van der Waals surface area contributed by atoms with Gasteiger partial charge in [-0.3, -0.25) is 14.6 Å². The smallest absolute Gasteiger partial charge is 0.224 e. The molecule has 7 nitrogen and oxygen atoms in total. The summed E-state index contributed by atoms with van der Waals surface area (Å²) >= 11 is 0. The first kappa shape index (κ1) is 17.2.